The number of phosphoric acid groups is 3. The van der Waals surface area contributed by atoms with E-state index in [0.29, 0.717) is 0 Å². The molecule has 1 fully saturated rings. The van der Waals surface area contributed by atoms with E-state index < -0.39 is 108 Å². The third kappa shape index (κ3) is 15.5. The number of rotatable bonds is 23. The lowest BCUT2D eigenvalue weighted by atomic mass is 9.87. The summed E-state index contributed by atoms with van der Waals surface area (Å²) in [6.07, 6.45) is -9.73. The molecule has 2 amide bonds. The number of aliphatic hydroxyl groups is 5. The Labute approximate surface area is 333 Å². The summed E-state index contributed by atoms with van der Waals surface area (Å²) in [7, 11) is -16.5. The molecular formula is C27H46N7O20P3S. The third-order valence-corrected chi connectivity index (χ3v) is 11.9. The summed E-state index contributed by atoms with van der Waals surface area (Å²) in [6, 6.07) is 0. The molecule has 0 bridgehead atoms. The monoisotopic (exact) mass is 913 g/mol. The van der Waals surface area contributed by atoms with Crippen molar-refractivity contribution in [3.05, 3.63) is 12.7 Å². The van der Waals surface area contributed by atoms with Crippen LogP contribution in [0.4, 0.5) is 5.82 Å². The van der Waals surface area contributed by atoms with E-state index >= 15 is 0 Å². The van der Waals surface area contributed by atoms with Gasteiger partial charge in [0.05, 0.1) is 25.1 Å². The molecule has 1 aliphatic rings. The molecule has 1 saturated heterocycles. The largest absolute Gasteiger partial charge is 0.481 e. The molecule has 6 unspecified atom stereocenters. The van der Waals surface area contributed by atoms with Crippen molar-refractivity contribution in [2.45, 2.75) is 82.6 Å². The van der Waals surface area contributed by atoms with Crippen LogP contribution in [0.1, 0.15) is 46.3 Å². The van der Waals surface area contributed by atoms with Gasteiger partial charge in [0.25, 0.3) is 0 Å². The fourth-order valence-corrected chi connectivity index (χ4v) is 8.80. The second-order valence-electron chi connectivity index (χ2n) is 13.6. The molecule has 27 nitrogen and oxygen atoms in total. The van der Waals surface area contributed by atoms with Crippen LogP contribution in [0.3, 0.4) is 0 Å². The van der Waals surface area contributed by atoms with Crippen LogP contribution in [0.25, 0.3) is 11.2 Å². The molecular weight excluding hydrogens is 867 g/mol. The minimum atomic E-state index is -5.60. The second kappa shape index (κ2) is 20.3. The Morgan fingerprint density at radius 2 is 1.67 bits per heavy atom. The highest BCUT2D eigenvalue weighted by Crippen LogP contribution is 2.61. The molecule has 13 N–H and O–H groups in total. The van der Waals surface area contributed by atoms with E-state index in [-0.39, 0.29) is 48.7 Å². The molecule has 2 aromatic heterocycles. The first-order valence-corrected chi connectivity index (χ1v) is 22.3. The maximum absolute atomic E-state index is 12.7. The average molecular weight is 914 g/mol. The standard InChI is InChI=1S/C27H46N7O20P3S/c1-26(2,21(40)24(41)30-5-4-15(35)29-6-7-58-17(38)9-27(3,42)8-16(36)37)11-51-57(48,49)54-56(46,47)50-10-14-20(53-55(43,44)45)19(39)25(52-14)34-13-33-18-22(28)31-12-32-23(18)34/h12-14,16,19-21,25,36-37,39-40,42H,4-11H2,1-3H3,(H,29,35)(H,30,41)(H,46,47)(H,48,49)(H2,28,31,32)(H2,43,44,45)/t14-,19?,20?,21?,25-,27?/m1/s1. The first-order chi connectivity index (χ1) is 26.6. The third-order valence-electron chi connectivity index (χ3n) is 7.91. The number of ether oxygens (including phenoxy) is 1. The number of fused-ring (bicyclic) bond motifs is 1. The Kier molecular flexibility index (Phi) is 17.5. The molecule has 0 saturated carbocycles. The van der Waals surface area contributed by atoms with Gasteiger partial charge in [0.2, 0.25) is 11.8 Å². The van der Waals surface area contributed by atoms with Gasteiger partial charge in [0.1, 0.15) is 36.3 Å². The van der Waals surface area contributed by atoms with E-state index in [1.807, 2.05) is 0 Å². The van der Waals surface area contributed by atoms with Gasteiger partial charge in [-0.25, -0.2) is 28.6 Å². The van der Waals surface area contributed by atoms with E-state index in [1.165, 1.54) is 20.8 Å². The zero-order chi connectivity index (χ0) is 43.9. The number of nitrogens with one attached hydrogen (secondary N) is 2. The van der Waals surface area contributed by atoms with Crippen molar-refractivity contribution in [3.8, 4) is 0 Å². The fourth-order valence-electron chi connectivity index (χ4n) is 5.12. The number of hydrogen-bond donors (Lipinski definition) is 12. The van der Waals surface area contributed by atoms with Crippen LogP contribution in [-0.4, -0.2) is 150 Å². The first-order valence-electron chi connectivity index (χ1n) is 16.7. The number of thioether (sulfide) groups is 1. The predicted octanol–water partition coefficient (Wildman–Crippen LogP) is -2.49. The average Bonchev–Trinajstić information content (AvgIpc) is 3.63. The van der Waals surface area contributed by atoms with E-state index in [1.54, 1.807) is 0 Å². The van der Waals surface area contributed by atoms with Gasteiger partial charge in [-0.3, -0.25) is 32.5 Å². The Morgan fingerprint density at radius 3 is 2.31 bits per heavy atom. The Morgan fingerprint density at radius 1 is 1.02 bits per heavy atom. The van der Waals surface area contributed by atoms with Crippen molar-refractivity contribution in [2.75, 3.05) is 37.8 Å². The second-order valence-corrected chi connectivity index (χ2v) is 19.0. The first kappa shape index (κ1) is 49.8. The Balaban J connectivity index is 1.47. The highest BCUT2D eigenvalue weighted by molar-refractivity contribution is 8.13. The number of carbonyl (C=O) groups excluding carboxylic acids is 3. The minimum absolute atomic E-state index is 0.0163. The zero-order valence-corrected chi connectivity index (χ0v) is 34.4. The maximum atomic E-state index is 12.7. The molecule has 3 rings (SSSR count). The SMILES string of the molecule is CC(O)(CC(=O)SCCNC(=O)CCNC(=O)C(O)C(C)(C)COP(=O)(O)OP(=O)(O)OC[C@H]1O[C@@H](n2cnc3c(N)ncnc32)C(O)C1OP(=O)(O)O)CC(O)O. The van der Waals surface area contributed by atoms with Gasteiger partial charge in [0, 0.05) is 43.5 Å². The topological polar surface area (TPSA) is 424 Å². The Bertz CT molecular complexity index is 1900. The molecule has 0 aliphatic carbocycles. The summed E-state index contributed by atoms with van der Waals surface area (Å²) < 4.78 is 62.0. The lowest BCUT2D eigenvalue weighted by Gasteiger charge is -2.30. The smallest absolute Gasteiger partial charge is 0.389 e. The zero-order valence-electron chi connectivity index (χ0n) is 30.9. The van der Waals surface area contributed by atoms with Crippen molar-refractivity contribution < 1.29 is 95.8 Å². The maximum Gasteiger partial charge on any atom is 0.481 e. The summed E-state index contributed by atoms with van der Waals surface area (Å²) in [6.45, 7) is 1.39. The number of hydrogen-bond acceptors (Lipinski definition) is 21. The van der Waals surface area contributed by atoms with Crippen LogP contribution in [0, 0.1) is 5.41 Å². The van der Waals surface area contributed by atoms with E-state index in [9.17, 15) is 63.0 Å². The van der Waals surface area contributed by atoms with Crippen molar-refractivity contribution in [1.82, 2.24) is 30.2 Å². The lowest BCUT2D eigenvalue weighted by molar-refractivity contribution is -0.137. The van der Waals surface area contributed by atoms with E-state index in [0.717, 1.165) is 29.0 Å². The van der Waals surface area contributed by atoms with Gasteiger partial charge in [0.15, 0.2) is 29.1 Å². The minimum Gasteiger partial charge on any atom is -0.389 e. The number of aromatic nitrogens is 4. The summed E-state index contributed by atoms with van der Waals surface area (Å²) in [5, 5.41) is 53.7. The van der Waals surface area contributed by atoms with Crippen LogP contribution >= 0.6 is 35.2 Å². The number of nitrogens with zero attached hydrogens (tertiary/aromatic N) is 4. The summed E-state index contributed by atoms with van der Waals surface area (Å²) in [5.41, 5.74) is 2.55. The van der Waals surface area contributed by atoms with Crippen LogP contribution in [0.15, 0.2) is 12.7 Å². The van der Waals surface area contributed by atoms with Gasteiger partial charge in [-0.2, -0.15) is 4.31 Å². The number of nitrogens with two attached hydrogens (primary N) is 1. The molecule has 8 atom stereocenters. The fraction of sp³-hybridized carbons (Fsp3) is 0.704. The number of aliphatic hydroxyl groups excluding tert-OH is 3. The van der Waals surface area contributed by atoms with E-state index in [4.69, 9.17) is 29.7 Å². The molecule has 0 radical (unpaired) electrons. The molecule has 58 heavy (non-hydrogen) atoms. The molecule has 0 aromatic carbocycles. The number of phosphoric ester groups is 3. The Hall–Kier alpha value is -2.56. The number of anilines is 1. The normalized spacial score (nSPS) is 22.6. The summed E-state index contributed by atoms with van der Waals surface area (Å²) >= 11 is 0.801. The van der Waals surface area contributed by atoms with Gasteiger partial charge >= 0.3 is 23.5 Å². The van der Waals surface area contributed by atoms with Gasteiger partial charge in [-0.05, 0) is 6.92 Å². The molecule has 0 spiro atoms. The van der Waals surface area contributed by atoms with Crippen molar-refractivity contribution in [3.63, 3.8) is 0 Å². The quantitative estimate of drug-likeness (QED) is 0.0312. The summed E-state index contributed by atoms with van der Waals surface area (Å²) in [4.78, 5) is 87.5. The number of amides is 2. The van der Waals surface area contributed by atoms with Gasteiger partial charge in [-0.1, -0.05) is 25.6 Å². The van der Waals surface area contributed by atoms with Crippen LogP contribution in [0.5, 0.6) is 0 Å². The molecule has 330 valence electrons. The molecule has 31 heteroatoms. The summed E-state index contributed by atoms with van der Waals surface area (Å²) in [5.74, 6) is -1.50. The highest BCUT2D eigenvalue weighted by Gasteiger charge is 2.50. The number of imidazole rings is 1. The van der Waals surface area contributed by atoms with Crippen molar-refractivity contribution in [1.29, 1.82) is 0 Å². The predicted molar refractivity (Wildman–Crippen MR) is 195 cm³/mol. The van der Waals surface area contributed by atoms with E-state index in [2.05, 4.69) is 34.4 Å². The molecule has 1 aliphatic heterocycles. The molecule has 2 aromatic rings. The van der Waals surface area contributed by atoms with Gasteiger partial charge in [-0.15, -0.1) is 0 Å². The van der Waals surface area contributed by atoms with Gasteiger partial charge < -0.3 is 66.2 Å². The molecule has 3 heterocycles. The highest BCUT2D eigenvalue weighted by atomic mass is 32.2. The number of carbonyl (C=O) groups is 3. The van der Waals surface area contributed by atoms with Crippen LogP contribution in [0.2, 0.25) is 0 Å². The van der Waals surface area contributed by atoms with Crippen LogP contribution in [-0.2, 0) is 50.7 Å². The van der Waals surface area contributed by atoms with Crippen molar-refractivity contribution in [2.24, 2.45) is 5.41 Å². The van der Waals surface area contributed by atoms with Crippen molar-refractivity contribution >= 4 is 69.1 Å². The van der Waals surface area contributed by atoms with Crippen LogP contribution < -0.4 is 16.4 Å². The lowest BCUT2D eigenvalue weighted by Crippen LogP contribution is -2.46. The number of nitrogen functional groups attached to an aromatic ring is 1.